The highest BCUT2D eigenvalue weighted by Gasteiger charge is 2.23. The zero-order chi connectivity index (χ0) is 20.4. The fraction of sp³-hybridized carbons (Fsp3) is 0.375. The molecular formula is C24H28FN3O. The molecule has 0 unspecified atom stereocenters. The number of likely N-dealkylation sites (N-methyl/N-ethyl adjacent to an activating group) is 1. The van der Waals surface area contributed by atoms with Gasteiger partial charge in [-0.2, -0.15) is 0 Å². The van der Waals surface area contributed by atoms with E-state index in [1.807, 2.05) is 0 Å². The summed E-state index contributed by atoms with van der Waals surface area (Å²) in [4.78, 5) is 7.31. The van der Waals surface area contributed by atoms with Crippen LogP contribution in [-0.2, 0) is 6.42 Å². The molecule has 0 amide bonds. The number of nitrogens with zero attached hydrogens (tertiary/aromatic N) is 3. The Kier molecular flexibility index (Phi) is 5.67. The van der Waals surface area contributed by atoms with Gasteiger partial charge in [0.05, 0.1) is 18.4 Å². The first kappa shape index (κ1) is 19.6. The first-order valence-electron chi connectivity index (χ1n) is 10.2. The Labute approximate surface area is 172 Å². The minimum atomic E-state index is -0.319. The van der Waals surface area contributed by atoms with Gasteiger partial charge in [-0.15, -0.1) is 0 Å². The van der Waals surface area contributed by atoms with E-state index in [1.54, 1.807) is 13.2 Å². The number of ether oxygens (including phenoxy) is 1. The van der Waals surface area contributed by atoms with Gasteiger partial charge < -0.3 is 9.64 Å². The molecule has 1 aliphatic carbocycles. The number of hydrogen-bond acceptors (Lipinski definition) is 3. The van der Waals surface area contributed by atoms with Crippen LogP contribution in [0.2, 0.25) is 0 Å². The fourth-order valence-corrected chi connectivity index (χ4v) is 3.63. The van der Waals surface area contributed by atoms with Gasteiger partial charge >= 0.3 is 0 Å². The summed E-state index contributed by atoms with van der Waals surface area (Å²) in [5, 5.41) is 0. The van der Waals surface area contributed by atoms with Crippen LogP contribution in [0.5, 0.6) is 5.75 Å². The number of hydrogen-bond donors (Lipinski definition) is 0. The van der Waals surface area contributed by atoms with E-state index in [0.29, 0.717) is 5.75 Å². The molecule has 3 aromatic rings. The topological polar surface area (TPSA) is 30.3 Å². The molecule has 0 bridgehead atoms. The Hall–Kier alpha value is -2.66. The number of halogens is 1. The van der Waals surface area contributed by atoms with Crippen molar-refractivity contribution in [1.82, 2.24) is 14.5 Å². The van der Waals surface area contributed by atoms with Gasteiger partial charge in [-0.1, -0.05) is 17.7 Å². The molecular weight excluding hydrogens is 365 g/mol. The average molecular weight is 394 g/mol. The minimum Gasteiger partial charge on any atom is -0.496 e. The predicted molar refractivity (Wildman–Crippen MR) is 114 cm³/mol. The van der Waals surface area contributed by atoms with Crippen LogP contribution >= 0.6 is 0 Å². The lowest BCUT2D eigenvalue weighted by atomic mass is 10.1. The molecule has 29 heavy (non-hydrogen) atoms. The Morgan fingerprint density at radius 2 is 1.93 bits per heavy atom. The largest absolute Gasteiger partial charge is 0.496 e. The lowest BCUT2D eigenvalue weighted by Gasteiger charge is -2.14. The summed E-state index contributed by atoms with van der Waals surface area (Å²) >= 11 is 0. The molecule has 2 aromatic carbocycles. The molecule has 0 saturated heterocycles. The lowest BCUT2D eigenvalue weighted by molar-refractivity contribution is 0.323. The quantitative estimate of drug-likeness (QED) is 0.546. The first-order valence-corrected chi connectivity index (χ1v) is 10.2. The van der Waals surface area contributed by atoms with Crippen molar-refractivity contribution in [3.63, 3.8) is 0 Å². The van der Waals surface area contributed by atoms with Crippen LogP contribution in [0.3, 0.4) is 0 Å². The second-order valence-corrected chi connectivity index (χ2v) is 8.06. The van der Waals surface area contributed by atoms with Crippen molar-refractivity contribution in [2.45, 2.75) is 26.2 Å². The molecule has 1 fully saturated rings. The van der Waals surface area contributed by atoms with Crippen LogP contribution in [0.25, 0.3) is 17.1 Å². The Balaban J connectivity index is 1.68. The highest BCUT2D eigenvalue weighted by atomic mass is 19.1. The fourth-order valence-electron chi connectivity index (χ4n) is 3.63. The maximum absolute atomic E-state index is 13.7. The van der Waals surface area contributed by atoms with Crippen molar-refractivity contribution in [2.24, 2.45) is 5.92 Å². The first-order chi connectivity index (χ1) is 14.0. The van der Waals surface area contributed by atoms with Gasteiger partial charge in [-0.3, -0.25) is 4.57 Å². The van der Waals surface area contributed by atoms with Crippen molar-refractivity contribution in [2.75, 3.05) is 27.2 Å². The molecule has 0 N–H and O–H groups in total. The highest BCUT2D eigenvalue weighted by Crippen LogP contribution is 2.32. The van der Waals surface area contributed by atoms with Gasteiger partial charge in [-0.25, -0.2) is 9.37 Å². The van der Waals surface area contributed by atoms with Crippen molar-refractivity contribution < 1.29 is 9.13 Å². The van der Waals surface area contributed by atoms with Gasteiger partial charge in [-0.05, 0) is 57.0 Å². The summed E-state index contributed by atoms with van der Waals surface area (Å²) in [5.74, 6) is 1.82. The van der Waals surface area contributed by atoms with Gasteiger partial charge in [0.1, 0.15) is 17.4 Å². The SMILES string of the molecule is COc1cc(F)ccc1-c1nc(CCN(C)CC2CC2)cn1-c1ccc(C)cc1. The van der Waals surface area contributed by atoms with Gasteiger partial charge in [0.15, 0.2) is 0 Å². The van der Waals surface area contributed by atoms with Crippen LogP contribution in [0.15, 0.2) is 48.7 Å². The summed E-state index contributed by atoms with van der Waals surface area (Å²) in [7, 11) is 3.74. The Morgan fingerprint density at radius 1 is 1.17 bits per heavy atom. The van der Waals surface area contributed by atoms with Gasteiger partial charge in [0.25, 0.3) is 0 Å². The number of methoxy groups -OCH3 is 1. The molecule has 4 rings (SSSR count). The predicted octanol–water partition coefficient (Wildman–Crippen LogP) is 4.88. The maximum atomic E-state index is 13.7. The van der Waals surface area contributed by atoms with E-state index in [9.17, 15) is 4.39 Å². The number of aromatic nitrogens is 2. The summed E-state index contributed by atoms with van der Waals surface area (Å²) in [6, 6.07) is 12.9. The van der Waals surface area contributed by atoms with Crippen molar-refractivity contribution >= 4 is 0 Å². The standard InChI is InChI=1S/C24H28FN3O/c1-17-4-9-21(10-5-17)28-16-20(12-13-27(2)15-18-6-7-18)26-24(28)22-11-8-19(25)14-23(22)29-3/h4-5,8-11,14,16,18H,6-7,12-13,15H2,1-3H3. The van der Waals surface area contributed by atoms with Crippen LogP contribution in [-0.4, -0.2) is 41.7 Å². The third-order valence-electron chi connectivity index (χ3n) is 5.49. The number of aryl methyl sites for hydroxylation is 1. The molecule has 0 aliphatic heterocycles. The van der Waals surface area contributed by atoms with E-state index < -0.39 is 0 Å². The molecule has 1 saturated carbocycles. The smallest absolute Gasteiger partial charge is 0.148 e. The molecule has 0 atom stereocenters. The van der Waals surface area contributed by atoms with E-state index in [1.165, 1.54) is 30.5 Å². The summed E-state index contributed by atoms with van der Waals surface area (Å²) < 4.78 is 21.3. The number of imidazole rings is 1. The minimum absolute atomic E-state index is 0.319. The zero-order valence-electron chi connectivity index (χ0n) is 17.4. The van der Waals surface area contributed by atoms with E-state index in [0.717, 1.165) is 48.2 Å². The van der Waals surface area contributed by atoms with Crippen molar-refractivity contribution in [3.05, 3.63) is 65.7 Å². The Bertz CT molecular complexity index is 976. The van der Waals surface area contributed by atoms with Crippen LogP contribution in [0.4, 0.5) is 4.39 Å². The van der Waals surface area contributed by atoms with Crippen LogP contribution in [0.1, 0.15) is 24.1 Å². The van der Waals surface area contributed by atoms with E-state index >= 15 is 0 Å². The average Bonchev–Trinajstić information content (AvgIpc) is 3.43. The molecule has 5 heteroatoms. The maximum Gasteiger partial charge on any atom is 0.148 e. The van der Waals surface area contributed by atoms with E-state index in [-0.39, 0.29) is 5.82 Å². The normalized spacial score (nSPS) is 13.8. The molecule has 1 heterocycles. The lowest BCUT2D eigenvalue weighted by Crippen LogP contribution is -2.23. The number of benzene rings is 2. The third-order valence-corrected chi connectivity index (χ3v) is 5.49. The van der Waals surface area contributed by atoms with Gasteiger partial charge in [0, 0.05) is 37.5 Å². The zero-order valence-corrected chi connectivity index (χ0v) is 17.4. The second-order valence-electron chi connectivity index (χ2n) is 8.06. The van der Waals surface area contributed by atoms with E-state index in [2.05, 4.69) is 53.9 Å². The molecule has 4 nitrogen and oxygen atoms in total. The number of rotatable bonds is 8. The monoisotopic (exact) mass is 393 g/mol. The van der Waals surface area contributed by atoms with Crippen LogP contribution in [0, 0.1) is 18.7 Å². The van der Waals surface area contributed by atoms with Crippen molar-refractivity contribution in [3.8, 4) is 22.8 Å². The highest BCUT2D eigenvalue weighted by molar-refractivity contribution is 5.67. The molecule has 0 radical (unpaired) electrons. The summed E-state index contributed by atoms with van der Waals surface area (Å²) in [6.45, 7) is 4.21. The van der Waals surface area contributed by atoms with Gasteiger partial charge in [0.2, 0.25) is 0 Å². The van der Waals surface area contributed by atoms with Crippen LogP contribution < -0.4 is 4.74 Å². The summed E-state index contributed by atoms with van der Waals surface area (Å²) in [6.07, 6.45) is 5.69. The molecule has 152 valence electrons. The summed E-state index contributed by atoms with van der Waals surface area (Å²) in [5.41, 5.74) is 4.04. The van der Waals surface area contributed by atoms with E-state index in [4.69, 9.17) is 9.72 Å². The molecule has 1 aromatic heterocycles. The molecule has 1 aliphatic rings. The Morgan fingerprint density at radius 3 is 2.62 bits per heavy atom. The molecule has 0 spiro atoms. The second kappa shape index (κ2) is 8.37. The van der Waals surface area contributed by atoms with Crippen molar-refractivity contribution in [1.29, 1.82) is 0 Å². The third kappa shape index (κ3) is 4.67.